The van der Waals surface area contributed by atoms with E-state index < -0.39 is 0 Å². The molecule has 0 aliphatic carbocycles. The fourth-order valence-corrected chi connectivity index (χ4v) is 2.36. The summed E-state index contributed by atoms with van der Waals surface area (Å²) < 4.78 is 5.79. The molecule has 3 nitrogen and oxygen atoms in total. The average molecular weight is 248 g/mol. The Balaban J connectivity index is 1.79. The summed E-state index contributed by atoms with van der Waals surface area (Å²) in [5.74, 6) is 0. The molecule has 3 heteroatoms. The molecule has 1 aliphatic heterocycles. The second-order valence-corrected chi connectivity index (χ2v) is 5.46. The molecule has 2 rings (SSSR count). The van der Waals surface area contributed by atoms with Gasteiger partial charge in [-0.25, -0.2) is 0 Å². The van der Waals surface area contributed by atoms with Gasteiger partial charge in [0.05, 0.1) is 12.2 Å². The number of nitrogens with one attached hydrogen (secondary N) is 1. The van der Waals surface area contributed by atoms with Crippen molar-refractivity contribution in [2.45, 2.75) is 38.5 Å². The first-order valence-corrected chi connectivity index (χ1v) is 6.76. The predicted molar refractivity (Wildman–Crippen MR) is 75.9 cm³/mol. The summed E-state index contributed by atoms with van der Waals surface area (Å²) in [5.41, 5.74) is 2.52. The maximum Gasteiger partial charge on any atom is 0.0751 e. The quantitative estimate of drug-likeness (QED) is 0.867. The molecule has 1 aliphatic rings. The van der Waals surface area contributed by atoms with Gasteiger partial charge in [-0.05, 0) is 51.6 Å². The summed E-state index contributed by atoms with van der Waals surface area (Å²) in [6, 6.07) is 8.66. The van der Waals surface area contributed by atoms with E-state index in [2.05, 4.69) is 55.5 Å². The van der Waals surface area contributed by atoms with Crippen LogP contribution in [0.3, 0.4) is 0 Å². The number of nitrogens with zero attached hydrogens (tertiary/aromatic N) is 1. The minimum atomic E-state index is 0.376. The van der Waals surface area contributed by atoms with Crippen LogP contribution in [0.4, 0.5) is 5.69 Å². The van der Waals surface area contributed by atoms with Gasteiger partial charge in [-0.3, -0.25) is 0 Å². The Bertz CT molecular complexity index is 361. The Morgan fingerprint density at radius 1 is 1.22 bits per heavy atom. The molecule has 0 spiro atoms. The van der Waals surface area contributed by atoms with Crippen LogP contribution in [0.5, 0.6) is 0 Å². The molecule has 100 valence electrons. The summed E-state index contributed by atoms with van der Waals surface area (Å²) in [6.07, 6.45) is 3.17. The summed E-state index contributed by atoms with van der Waals surface area (Å²) in [7, 11) is 4.18. The standard InChI is InChI=1S/C15H24N2O/c1-12-4-9-15(18-12)10-16-14-7-5-13(6-8-14)11-17(2)3/h5-8,12,15-16H,4,9-11H2,1-3H3. The van der Waals surface area contributed by atoms with Crippen molar-refractivity contribution in [2.75, 3.05) is 26.0 Å². The monoisotopic (exact) mass is 248 g/mol. The van der Waals surface area contributed by atoms with Crippen LogP contribution in [0.2, 0.25) is 0 Å². The molecule has 0 aromatic heterocycles. The molecular weight excluding hydrogens is 224 g/mol. The first-order chi connectivity index (χ1) is 8.63. The third-order valence-corrected chi connectivity index (χ3v) is 3.31. The number of anilines is 1. The van der Waals surface area contributed by atoms with Gasteiger partial charge in [0.25, 0.3) is 0 Å². The lowest BCUT2D eigenvalue weighted by molar-refractivity contribution is 0.0637. The Morgan fingerprint density at radius 3 is 2.50 bits per heavy atom. The minimum Gasteiger partial charge on any atom is -0.382 e. The highest BCUT2D eigenvalue weighted by Crippen LogP contribution is 2.19. The van der Waals surface area contributed by atoms with Gasteiger partial charge >= 0.3 is 0 Å². The molecule has 0 saturated carbocycles. The molecular formula is C15H24N2O. The highest BCUT2D eigenvalue weighted by atomic mass is 16.5. The molecule has 18 heavy (non-hydrogen) atoms. The maximum atomic E-state index is 5.79. The van der Waals surface area contributed by atoms with Crippen LogP contribution in [0.15, 0.2) is 24.3 Å². The van der Waals surface area contributed by atoms with Crippen LogP contribution in [0.25, 0.3) is 0 Å². The van der Waals surface area contributed by atoms with E-state index in [9.17, 15) is 0 Å². The lowest BCUT2D eigenvalue weighted by atomic mass is 10.2. The van der Waals surface area contributed by atoms with Gasteiger partial charge in [0.1, 0.15) is 0 Å². The molecule has 1 aromatic carbocycles. The van der Waals surface area contributed by atoms with Crippen molar-refractivity contribution >= 4 is 5.69 Å². The first kappa shape index (κ1) is 13.4. The van der Waals surface area contributed by atoms with Gasteiger partial charge in [-0.1, -0.05) is 12.1 Å². The fourth-order valence-electron chi connectivity index (χ4n) is 2.36. The number of benzene rings is 1. The lowest BCUT2D eigenvalue weighted by Crippen LogP contribution is -2.19. The molecule has 1 saturated heterocycles. The highest BCUT2D eigenvalue weighted by Gasteiger charge is 2.21. The zero-order valence-electron chi connectivity index (χ0n) is 11.6. The lowest BCUT2D eigenvalue weighted by Gasteiger charge is -2.14. The van der Waals surface area contributed by atoms with Gasteiger partial charge in [-0.2, -0.15) is 0 Å². The second-order valence-electron chi connectivity index (χ2n) is 5.46. The van der Waals surface area contributed by atoms with Crippen LogP contribution in [-0.2, 0) is 11.3 Å². The van der Waals surface area contributed by atoms with Crippen molar-refractivity contribution in [3.8, 4) is 0 Å². The van der Waals surface area contributed by atoms with E-state index in [0.717, 1.165) is 13.1 Å². The van der Waals surface area contributed by atoms with E-state index in [1.165, 1.54) is 24.1 Å². The van der Waals surface area contributed by atoms with Crippen LogP contribution in [-0.4, -0.2) is 37.7 Å². The highest BCUT2D eigenvalue weighted by molar-refractivity contribution is 5.44. The van der Waals surface area contributed by atoms with E-state index in [4.69, 9.17) is 4.74 Å². The Labute approximate surface area is 110 Å². The smallest absolute Gasteiger partial charge is 0.0751 e. The predicted octanol–water partition coefficient (Wildman–Crippen LogP) is 2.73. The van der Waals surface area contributed by atoms with E-state index in [0.29, 0.717) is 12.2 Å². The third kappa shape index (κ3) is 4.00. The van der Waals surface area contributed by atoms with Crippen LogP contribution in [0.1, 0.15) is 25.3 Å². The molecule has 0 amide bonds. The normalized spacial score (nSPS) is 23.6. The first-order valence-electron chi connectivity index (χ1n) is 6.76. The Morgan fingerprint density at radius 2 is 1.94 bits per heavy atom. The van der Waals surface area contributed by atoms with Gasteiger partial charge < -0.3 is 15.0 Å². The van der Waals surface area contributed by atoms with Gasteiger partial charge in [-0.15, -0.1) is 0 Å². The third-order valence-electron chi connectivity index (χ3n) is 3.31. The fraction of sp³-hybridized carbons (Fsp3) is 0.600. The van der Waals surface area contributed by atoms with Crippen molar-refractivity contribution in [1.29, 1.82) is 0 Å². The number of hydrogen-bond donors (Lipinski definition) is 1. The topological polar surface area (TPSA) is 24.5 Å². The van der Waals surface area contributed by atoms with Gasteiger partial charge in [0.2, 0.25) is 0 Å². The number of ether oxygens (including phenoxy) is 1. The molecule has 1 fully saturated rings. The molecule has 1 heterocycles. The molecule has 2 unspecified atom stereocenters. The van der Waals surface area contributed by atoms with E-state index >= 15 is 0 Å². The minimum absolute atomic E-state index is 0.376. The maximum absolute atomic E-state index is 5.79. The average Bonchev–Trinajstić information content (AvgIpc) is 2.74. The van der Waals surface area contributed by atoms with Crippen molar-refractivity contribution < 1.29 is 4.74 Å². The Hall–Kier alpha value is -1.06. The van der Waals surface area contributed by atoms with Crippen molar-refractivity contribution in [3.63, 3.8) is 0 Å². The van der Waals surface area contributed by atoms with E-state index in [1.807, 2.05) is 0 Å². The van der Waals surface area contributed by atoms with Crippen LogP contribution in [0, 0.1) is 0 Å². The number of rotatable bonds is 5. The van der Waals surface area contributed by atoms with E-state index in [-0.39, 0.29) is 0 Å². The van der Waals surface area contributed by atoms with Crippen molar-refractivity contribution in [1.82, 2.24) is 4.90 Å². The summed E-state index contributed by atoms with van der Waals surface area (Å²) in [5, 5.41) is 3.45. The zero-order chi connectivity index (χ0) is 13.0. The zero-order valence-corrected chi connectivity index (χ0v) is 11.6. The number of hydrogen-bond acceptors (Lipinski definition) is 3. The van der Waals surface area contributed by atoms with Crippen LogP contribution >= 0.6 is 0 Å². The molecule has 0 radical (unpaired) electrons. The van der Waals surface area contributed by atoms with E-state index in [1.54, 1.807) is 0 Å². The van der Waals surface area contributed by atoms with Crippen molar-refractivity contribution in [2.24, 2.45) is 0 Å². The molecule has 0 bridgehead atoms. The summed E-state index contributed by atoms with van der Waals surface area (Å²) >= 11 is 0. The van der Waals surface area contributed by atoms with Crippen molar-refractivity contribution in [3.05, 3.63) is 29.8 Å². The van der Waals surface area contributed by atoms with Gasteiger partial charge in [0, 0.05) is 18.8 Å². The summed E-state index contributed by atoms with van der Waals surface area (Å²) in [4.78, 5) is 2.18. The Kier molecular flexibility index (Phi) is 4.61. The summed E-state index contributed by atoms with van der Waals surface area (Å²) in [6.45, 7) is 4.05. The molecule has 1 N–H and O–H groups in total. The SMILES string of the molecule is CC1CCC(CNc2ccc(CN(C)C)cc2)O1. The van der Waals surface area contributed by atoms with Crippen LogP contribution < -0.4 is 5.32 Å². The largest absolute Gasteiger partial charge is 0.382 e. The molecule has 2 atom stereocenters. The molecule has 1 aromatic rings. The second kappa shape index (κ2) is 6.21. The van der Waals surface area contributed by atoms with Gasteiger partial charge in [0.15, 0.2) is 0 Å².